The number of hydrogen-bond acceptors (Lipinski definition) is 6. The molecule has 0 unspecified atom stereocenters. The molecule has 0 aliphatic heterocycles. The lowest BCUT2D eigenvalue weighted by molar-refractivity contribution is -0.0979. The van der Waals surface area contributed by atoms with Crippen LogP contribution in [0, 0.1) is 5.82 Å². The van der Waals surface area contributed by atoms with Gasteiger partial charge in [-0.1, -0.05) is 12.1 Å². The van der Waals surface area contributed by atoms with Crippen molar-refractivity contribution < 1.29 is 28.1 Å². The van der Waals surface area contributed by atoms with Crippen molar-refractivity contribution in [1.82, 2.24) is 0 Å². The number of carbonyl (C=O) groups excluding carboxylic acids is 1. The highest BCUT2D eigenvalue weighted by Crippen LogP contribution is 2.14. The van der Waals surface area contributed by atoms with Crippen LogP contribution in [0.5, 0.6) is 5.75 Å². The zero-order chi connectivity index (χ0) is 16.5. The van der Waals surface area contributed by atoms with E-state index in [4.69, 9.17) is 29.5 Å². The number of benzene rings is 1. The molecule has 0 fully saturated rings. The highest BCUT2D eigenvalue weighted by molar-refractivity contribution is 5.23. The number of nitrogens with two attached hydrogens (primary N) is 1. The van der Waals surface area contributed by atoms with Crippen LogP contribution in [0.1, 0.15) is 0 Å². The molecule has 0 aliphatic carbocycles. The zero-order valence-corrected chi connectivity index (χ0v) is 12.7. The summed E-state index contributed by atoms with van der Waals surface area (Å²) in [5.74, 6) is -0.127. The van der Waals surface area contributed by atoms with E-state index in [2.05, 4.69) is 0 Å². The van der Waals surface area contributed by atoms with Gasteiger partial charge in [0.25, 0.3) is 0 Å². The highest BCUT2D eigenvalue weighted by atomic mass is 19.1. The standard InChI is InChI=1S/C14H22FNO4.CH2O/c15-13-3-1-2-4-14(13)20-12-11-19-10-9-18-8-7-17-6-5-16;1-2/h1-4H,5-12,16H2;1H2. The Morgan fingerprint density at radius 2 is 1.36 bits per heavy atom. The van der Waals surface area contributed by atoms with Gasteiger partial charge in [-0.15, -0.1) is 0 Å². The van der Waals surface area contributed by atoms with E-state index in [0.29, 0.717) is 52.8 Å². The van der Waals surface area contributed by atoms with Gasteiger partial charge in [-0.05, 0) is 12.1 Å². The molecule has 0 spiro atoms. The quantitative estimate of drug-likeness (QED) is 0.580. The number of para-hydroxylation sites is 1. The maximum Gasteiger partial charge on any atom is 0.165 e. The third-order valence-electron chi connectivity index (χ3n) is 2.33. The Bertz CT molecular complexity index is 368. The summed E-state index contributed by atoms with van der Waals surface area (Å²) >= 11 is 0. The summed E-state index contributed by atoms with van der Waals surface area (Å²) in [6, 6.07) is 6.28. The van der Waals surface area contributed by atoms with Crippen molar-refractivity contribution in [2.45, 2.75) is 0 Å². The fourth-order valence-electron chi connectivity index (χ4n) is 1.40. The first-order valence-electron chi connectivity index (χ1n) is 6.94. The molecule has 0 aliphatic rings. The second-order valence-electron chi connectivity index (χ2n) is 3.90. The lowest BCUT2D eigenvalue weighted by atomic mass is 10.3. The molecule has 22 heavy (non-hydrogen) atoms. The van der Waals surface area contributed by atoms with Gasteiger partial charge in [0.15, 0.2) is 11.6 Å². The van der Waals surface area contributed by atoms with Crippen LogP contribution in [0.3, 0.4) is 0 Å². The lowest BCUT2D eigenvalue weighted by Gasteiger charge is -2.08. The minimum absolute atomic E-state index is 0.240. The first-order valence-corrected chi connectivity index (χ1v) is 6.94. The van der Waals surface area contributed by atoms with Crippen molar-refractivity contribution in [2.24, 2.45) is 5.73 Å². The number of rotatable bonds is 12. The number of hydrogen-bond donors (Lipinski definition) is 1. The summed E-state index contributed by atoms with van der Waals surface area (Å²) in [5.41, 5.74) is 5.27. The molecule has 1 aromatic carbocycles. The topological polar surface area (TPSA) is 80.0 Å². The fourth-order valence-corrected chi connectivity index (χ4v) is 1.40. The van der Waals surface area contributed by atoms with E-state index < -0.39 is 0 Å². The van der Waals surface area contributed by atoms with Crippen LogP contribution in [-0.4, -0.2) is 59.6 Å². The summed E-state index contributed by atoms with van der Waals surface area (Å²) in [5, 5.41) is 0. The Hall–Kier alpha value is -1.54. The molecule has 2 N–H and O–H groups in total. The number of halogens is 1. The van der Waals surface area contributed by atoms with Gasteiger partial charge in [0, 0.05) is 6.54 Å². The van der Waals surface area contributed by atoms with Crippen LogP contribution < -0.4 is 10.5 Å². The van der Waals surface area contributed by atoms with E-state index in [9.17, 15) is 4.39 Å². The third-order valence-corrected chi connectivity index (χ3v) is 2.33. The zero-order valence-electron chi connectivity index (χ0n) is 12.7. The maximum absolute atomic E-state index is 13.2. The lowest BCUT2D eigenvalue weighted by Crippen LogP contribution is -2.14. The molecule has 0 saturated carbocycles. The van der Waals surface area contributed by atoms with Crippen LogP contribution in [0.2, 0.25) is 0 Å². The van der Waals surface area contributed by atoms with Crippen molar-refractivity contribution in [2.75, 3.05) is 52.8 Å². The van der Waals surface area contributed by atoms with Crippen LogP contribution in [0.15, 0.2) is 24.3 Å². The molecule has 1 rings (SSSR count). The van der Waals surface area contributed by atoms with E-state index in [0.717, 1.165) is 0 Å². The van der Waals surface area contributed by atoms with Crippen LogP contribution in [0.25, 0.3) is 0 Å². The predicted molar refractivity (Wildman–Crippen MR) is 80.5 cm³/mol. The number of carbonyl (C=O) groups is 1. The van der Waals surface area contributed by atoms with E-state index >= 15 is 0 Å². The van der Waals surface area contributed by atoms with Crippen LogP contribution in [0.4, 0.5) is 4.39 Å². The molecule has 0 bridgehead atoms. The minimum Gasteiger partial charge on any atom is -0.488 e. The van der Waals surface area contributed by atoms with Crippen molar-refractivity contribution in [3.63, 3.8) is 0 Å². The first-order chi connectivity index (χ1) is 10.8. The van der Waals surface area contributed by atoms with Gasteiger partial charge >= 0.3 is 0 Å². The molecule has 1 aromatic rings. The highest BCUT2D eigenvalue weighted by Gasteiger charge is 2.00. The Morgan fingerprint density at radius 3 is 1.91 bits per heavy atom. The van der Waals surface area contributed by atoms with E-state index in [1.807, 2.05) is 6.79 Å². The summed E-state index contributed by atoms with van der Waals surface area (Å²) in [7, 11) is 0. The van der Waals surface area contributed by atoms with Gasteiger partial charge in [0.2, 0.25) is 0 Å². The second kappa shape index (κ2) is 15.8. The van der Waals surface area contributed by atoms with E-state index in [-0.39, 0.29) is 11.6 Å². The van der Waals surface area contributed by atoms with Gasteiger partial charge in [0.1, 0.15) is 13.4 Å². The van der Waals surface area contributed by atoms with Crippen molar-refractivity contribution in [3.8, 4) is 5.75 Å². The van der Waals surface area contributed by atoms with Gasteiger partial charge in [-0.2, -0.15) is 0 Å². The summed E-state index contributed by atoms with van der Waals surface area (Å²) in [4.78, 5) is 8.00. The number of ether oxygens (including phenoxy) is 4. The predicted octanol–water partition coefficient (Wildman–Crippen LogP) is 1.03. The van der Waals surface area contributed by atoms with E-state index in [1.165, 1.54) is 6.07 Å². The summed E-state index contributed by atoms with van der Waals surface area (Å²) in [6.07, 6.45) is 0. The summed E-state index contributed by atoms with van der Waals surface area (Å²) < 4.78 is 34.1. The first kappa shape index (κ1) is 20.5. The van der Waals surface area contributed by atoms with Crippen LogP contribution in [-0.2, 0) is 19.0 Å². The normalized spacial score (nSPS) is 9.91. The van der Waals surface area contributed by atoms with Crippen molar-refractivity contribution >= 4 is 6.79 Å². The molecule has 0 radical (unpaired) electrons. The van der Waals surface area contributed by atoms with Crippen molar-refractivity contribution in [1.29, 1.82) is 0 Å². The molecule has 0 atom stereocenters. The molecule has 0 heterocycles. The average Bonchev–Trinajstić information content (AvgIpc) is 2.56. The third kappa shape index (κ3) is 11.2. The van der Waals surface area contributed by atoms with Gasteiger partial charge in [-0.25, -0.2) is 4.39 Å². The van der Waals surface area contributed by atoms with Gasteiger partial charge in [0.05, 0.1) is 39.6 Å². The molecular formula is C15H24FNO5. The molecular weight excluding hydrogens is 293 g/mol. The molecule has 0 amide bonds. The van der Waals surface area contributed by atoms with E-state index in [1.54, 1.807) is 18.2 Å². The van der Waals surface area contributed by atoms with Gasteiger partial charge in [-0.3, -0.25) is 0 Å². The molecule has 6 nitrogen and oxygen atoms in total. The van der Waals surface area contributed by atoms with Crippen molar-refractivity contribution in [3.05, 3.63) is 30.1 Å². The molecule has 7 heteroatoms. The molecule has 126 valence electrons. The van der Waals surface area contributed by atoms with Crippen LogP contribution >= 0.6 is 0 Å². The Kier molecular flexibility index (Phi) is 14.7. The molecule has 0 aromatic heterocycles. The average molecular weight is 317 g/mol. The molecule has 0 saturated heterocycles. The minimum atomic E-state index is -0.367. The monoisotopic (exact) mass is 317 g/mol. The van der Waals surface area contributed by atoms with Gasteiger partial charge < -0.3 is 29.5 Å². The second-order valence-corrected chi connectivity index (χ2v) is 3.90. The fraction of sp³-hybridized carbons (Fsp3) is 0.533. The Morgan fingerprint density at radius 1 is 0.864 bits per heavy atom. The SMILES string of the molecule is C=O.NCCOCCOCCOCCOc1ccccc1F. The largest absolute Gasteiger partial charge is 0.488 e. The smallest absolute Gasteiger partial charge is 0.165 e. The maximum atomic E-state index is 13.2. The summed E-state index contributed by atoms with van der Waals surface area (Å²) in [6.45, 7) is 5.78. The Labute approximate surface area is 130 Å². The Balaban J connectivity index is 0.00000211.